The quantitative estimate of drug-likeness (QED) is 0.842. The van der Waals surface area contributed by atoms with Gasteiger partial charge in [-0.25, -0.2) is 4.39 Å². The summed E-state index contributed by atoms with van der Waals surface area (Å²) in [5, 5.41) is 3.52. The summed E-state index contributed by atoms with van der Waals surface area (Å²) in [5.41, 5.74) is 4.35. The SMILES string of the molecule is CCCNC(c1cccc(C)c1)c1cc(C)cc(F)c1. The van der Waals surface area contributed by atoms with Crippen LogP contribution in [-0.2, 0) is 0 Å². The molecule has 1 unspecified atom stereocenters. The van der Waals surface area contributed by atoms with E-state index in [0.717, 1.165) is 24.1 Å². The second kappa shape index (κ2) is 6.67. The normalized spacial score (nSPS) is 12.4. The van der Waals surface area contributed by atoms with Gasteiger partial charge in [0.1, 0.15) is 5.82 Å². The topological polar surface area (TPSA) is 12.0 Å². The van der Waals surface area contributed by atoms with E-state index in [0.29, 0.717) is 0 Å². The summed E-state index contributed by atoms with van der Waals surface area (Å²) < 4.78 is 13.7. The highest BCUT2D eigenvalue weighted by Crippen LogP contribution is 2.24. The first kappa shape index (κ1) is 14.7. The van der Waals surface area contributed by atoms with Gasteiger partial charge in [-0.05, 0) is 55.6 Å². The van der Waals surface area contributed by atoms with E-state index < -0.39 is 0 Å². The van der Waals surface area contributed by atoms with E-state index in [1.807, 2.05) is 6.92 Å². The summed E-state index contributed by atoms with van der Waals surface area (Å²) in [6, 6.07) is 13.7. The lowest BCUT2D eigenvalue weighted by Gasteiger charge is -2.20. The molecule has 0 amide bonds. The van der Waals surface area contributed by atoms with E-state index in [9.17, 15) is 4.39 Å². The highest BCUT2D eigenvalue weighted by atomic mass is 19.1. The minimum atomic E-state index is -0.170. The van der Waals surface area contributed by atoms with Crippen LogP contribution in [-0.4, -0.2) is 6.54 Å². The molecule has 1 atom stereocenters. The van der Waals surface area contributed by atoms with Crippen molar-refractivity contribution in [1.29, 1.82) is 0 Å². The van der Waals surface area contributed by atoms with Crippen molar-refractivity contribution < 1.29 is 4.39 Å². The van der Waals surface area contributed by atoms with Crippen LogP contribution in [0.1, 0.15) is 41.6 Å². The maximum atomic E-state index is 13.7. The molecule has 0 fully saturated rings. The Balaban J connectivity index is 2.41. The summed E-state index contributed by atoms with van der Waals surface area (Å²) in [5.74, 6) is -0.170. The first-order valence-electron chi connectivity index (χ1n) is 7.17. The molecule has 0 radical (unpaired) electrons. The number of rotatable bonds is 5. The molecule has 2 heteroatoms. The zero-order valence-corrected chi connectivity index (χ0v) is 12.4. The van der Waals surface area contributed by atoms with Crippen molar-refractivity contribution in [2.75, 3.05) is 6.54 Å². The van der Waals surface area contributed by atoms with Gasteiger partial charge >= 0.3 is 0 Å². The van der Waals surface area contributed by atoms with E-state index in [-0.39, 0.29) is 11.9 Å². The number of nitrogens with one attached hydrogen (secondary N) is 1. The summed E-state index contributed by atoms with van der Waals surface area (Å²) in [6.07, 6.45) is 1.05. The Hall–Kier alpha value is -1.67. The average molecular weight is 271 g/mol. The molecular weight excluding hydrogens is 249 g/mol. The third kappa shape index (κ3) is 3.67. The maximum absolute atomic E-state index is 13.7. The Kier molecular flexibility index (Phi) is 4.91. The van der Waals surface area contributed by atoms with Crippen LogP contribution >= 0.6 is 0 Å². The third-order valence-electron chi connectivity index (χ3n) is 3.37. The predicted molar refractivity (Wildman–Crippen MR) is 82.5 cm³/mol. The van der Waals surface area contributed by atoms with Crippen molar-refractivity contribution in [3.8, 4) is 0 Å². The Labute approximate surface area is 120 Å². The second-order valence-electron chi connectivity index (χ2n) is 5.36. The van der Waals surface area contributed by atoms with Gasteiger partial charge in [-0.3, -0.25) is 0 Å². The average Bonchev–Trinajstić information content (AvgIpc) is 2.38. The summed E-state index contributed by atoms with van der Waals surface area (Å²) in [6.45, 7) is 7.06. The zero-order valence-electron chi connectivity index (χ0n) is 12.4. The Bertz CT molecular complexity index is 557. The van der Waals surface area contributed by atoms with Crippen LogP contribution in [0.4, 0.5) is 4.39 Å². The van der Waals surface area contributed by atoms with Crippen LogP contribution in [0.25, 0.3) is 0 Å². The molecule has 1 N–H and O–H groups in total. The molecule has 1 nitrogen and oxygen atoms in total. The van der Waals surface area contributed by atoms with Gasteiger partial charge in [-0.15, -0.1) is 0 Å². The molecular formula is C18H22FN. The Morgan fingerprint density at radius 3 is 2.40 bits per heavy atom. The van der Waals surface area contributed by atoms with Crippen molar-refractivity contribution in [2.45, 2.75) is 33.2 Å². The van der Waals surface area contributed by atoms with Crippen LogP contribution in [0.15, 0.2) is 42.5 Å². The molecule has 2 rings (SSSR count). The van der Waals surface area contributed by atoms with Gasteiger partial charge in [0.25, 0.3) is 0 Å². The number of benzene rings is 2. The van der Waals surface area contributed by atoms with Gasteiger partial charge in [0.05, 0.1) is 6.04 Å². The first-order valence-corrected chi connectivity index (χ1v) is 7.17. The van der Waals surface area contributed by atoms with Crippen LogP contribution in [0.5, 0.6) is 0 Å². The van der Waals surface area contributed by atoms with E-state index in [1.54, 1.807) is 12.1 Å². The monoisotopic (exact) mass is 271 g/mol. The molecule has 2 aromatic rings. The number of halogens is 1. The van der Waals surface area contributed by atoms with E-state index in [1.165, 1.54) is 11.1 Å². The highest BCUT2D eigenvalue weighted by Gasteiger charge is 2.14. The van der Waals surface area contributed by atoms with Crippen molar-refractivity contribution >= 4 is 0 Å². The fraction of sp³-hybridized carbons (Fsp3) is 0.333. The second-order valence-corrected chi connectivity index (χ2v) is 5.36. The molecule has 0 aliphatic heterocycles. The third-order valence-corrected chi connectivity index (χ3v) is 3.37. The molecule has 0 aliphatic carbocycles. The molecule has 106 valence electrons. The van der Waals surface area contributed by atoms with E-state index in [2.05, 4.69) is 49.5 Å². The summed E-state index contributed by atoms with van der Waals surface area (Å²) in [4.78, 5) is 0. The van der Waals surface area contributed by atoms with Crippen LogP contribution in [0.2, 0.25) is 0 Å². The molecule has 0 saturated heterocycles. The fourth-order valence-electron chi connectivity index (χ4n) is 2.50. The predicted octanol–water partition coefficient (Wildman–Crippen LogP) is 4.53. The molecule has 20 heavy (non-hydrogen) atoms. The Morgan fingerprint density at radius 1 is 1.00 bits per heavy atom. The van der Waals surface area contributed by atoms with Gasteiger partial charge in [0.2, 0.25) is 0 Å². The smallest absolute Gasteiger partial charge is 0.123 e. The van der Waals surface area contributed by atoms with Crippen LogP contribution in [0, 0.1) is 19.7 Å². The van der Waals surface area contributed by atoms with Gasteiger partial charge < -0.3 is 5.32 Å². The van der Waals surface area contributed by atoms with Crippen molar-refractivity contribution in [2.24, 2.45) is 0 Å². The van der Waals surface area contributed by atoms with Crippen LogP contribution < -0.4 is 5.32 Å². The van der Waals surface area contributed by atoms with E-state index in [4.69, 9.17) is 0 Å². The summed E-state index contributed by atoms with van der Waals surface area (Å²) in [7, 11) is 0. The molecule has 0 spiro atoms. The van der Waals surface area contributed by atoms with Gasteiger partial charge in [0, 0.05) is 0 Å². The Morgan fingerprint density at radius 2 is 1.75 bits per heavy atom. The number of hydrogen-bond acceptors (Lipinski definition) is 1. The van der Waals surface area contributed by atoms with Crippen molar-refractivity contribution in [3.05, 3.63) is 70.5 Å². The molecule has 0 saturated carbocycles. The van der Waals surface area contributed by atoms with Crippen molar-refractivity contribution in [1.82, 2.24) is 5.32 Å². The summed E-state index contributed by atoms with van der Waals surface area (Å²) >= 11 is 0. The lowest BCUT2D eigenvalue weighted by atomic mass is 9.96. The van der Waals surface area contributed by atoms with Crippen molar-refractivity contribution in [3.63, 3.8) is 0 Å². The zero-order chi connectivity index (χ0) is 14.5. The maximum Gasteiger partial charge on any atom is 0.123 e. The molecule has 0 heterocycles. The fourth-order valence-corrected chi connectivity index (χ4v) is 2.50. The minimum absolute atomic E-state index is 0.0456. The van der Waals surface area contributed by atoms with E-state index >= 15 is 0 Å². The van der Waals surface area contributed by atoms with Gasteiger partial charge in [-0.2, -0.15) is 0 Å². The number of aryl methyl sites for hydroxylation is 2. The van der Waals surface area contributed by atoms with Gasteiger partial charge in [0.15, 0.2) is 0 Å². The number of hydrogen-bond donors (Lipinski definition) is 1. The first-order chi connectivity index (χ1) is 9.60. The molecule has 0 bridgehead atoms. The lowest BCUT2D eigenvalue weighted by molar-refractivity contribution is 0.584. The van der Waals surface area contributed by atoms with Gasteiger partial charge in [-0.1, -0.05) is 42.8 Å². The largest absolute Gasteiger partial charge is 0.306 e. The molecule has 2 aromatic carbocycles. The standard InChI is InChI=1S/C18H22FN/c1-4-8-20-18(15-7-5-6-13(2)9-15)16-10-14(3)11-17(19)12-16/h5-7,9-12,18,20H,4,8H2,1-3H3. The van der Waals surface area contributed by atoms with Crippen LogP contribution in [0.3, 0.4) is 0 Å². The molecule has 0 aromatic heterocycles. The lowest BCUT2D eigenvalue weighted by Crippen LogP contribution is -2.23. The highest BCUT2D eigenvalue weighted by molar-refractivity contribution is 5.36. The minimum Gasteiger partial charge on any atom is -0.306 e. The molecule has 0 aliphatic rings.